The van der Waals surface area contributed by atoms with Gasteiger partial charge in [-0.3, -0.25) is 0 Å². The number of nitrogen functional groups attached to an aromatic ring is 1. The van der Waals surface area contributed by atoms with Crippen molar-refractivity contribution in [1.29, 1.82) is 0 Å². The lowest BCUT2D eigenvalue weighted by atomic mass is 10.2. The van der Waals surface area contributed by atoms with E-state index in [2.05, 4.69) is 21.0 Å². The normalized spacial score (nSPS) is 10.7. The van der Waals surface area contributed by atoms with Gasteiger partial charge >= 0.3 is 6.01 Å². The predicted octanol–water partition coefficient (Wildman–Crippen LogP) is 2.71. The van der Waals surface area contributed by atoms with Crippen molar-refractivity contribution in [2.24, 2.45) is 0 Å². The van der Waals surface area contributed by atoms with Gasteiger partial charge in [0.1, 0.15) is 0 Å². The molecule has 0 atom stereocenters. The van der Waals surface area contributed by atoms with Crippen LogP contribution < -0.4 is 15.4 Å². The Kier molecular flexibility index (Phi) is 4.57. The van der Waals surface area contributed by atoms with Gasteiger partial charge in [-0.25, -0.2) is 0 Å². The van der Waals surface area contributed by atoms with Crippen LogP contribution in [0, 0.1) is 6.92 Å². The molecule has 6 heteroatoms. The van der Waals surface area contributed by atoms with Gasteiger partial charge in [0.15, 0.2) is 0 Å². The summed E-state index contributed by atoms with van der Waals surface area (Å²) in [5.74, 6) is 0.646. The van der Waals surface area contributed by atoms with Gasteiger partial charge in [0, 0.05) is 12.2 Å². The third-order valence-corrected chi connectivity index (χ3v) is 2.83. The molecule has 0 amide bonds. The van der Waals surface area contributed by atoms with E-state index in [4.69, 9.17) is 10.5 Å². The fraction of sp³-hybridized carbons (Fsp3) is 0.400. The molecule has 1 heterocycles. The molecule has 112 valence electrons. The first-order valence-electron chi connectivity index (χ1n) is 7.02. The summed E-state index contributed by atoms with van der Waals surface area (Å²) in [6.07, 6.45) is -0.0197. The number of anilines is 3. The minimum absolute atomic E-state index is 0.0197. The molecule has 0 saturated heterocycles. The monoisotopic (exact) mass is 287 g/mol. The zero-order chi connectivity index (χ0) is 15.4. The lowest BCUT2D eigenvalue weighted by Gasteiger charge is -2.21. The largest absolute Gasteiger partial charge is 0.461 e. The van der Waals surface area contributed by atoms with E-state index < -0.39 is 0 Å². The maximum Gasteiger partial charge on any atom is 0.323 e. The third kappa shape index (κ3) is 3.81. The standard InChI is InChI=1S/C15H21N5O/c1-5-20(12-8-6-7-11(4)9-12)14-17-13(16)18-15(19-14)21-10(2)3/h6-10H,5H2,1-4H3,(H2,16,17,18,19). The van der Waals surface area contributed by atoms with Gasteiger partial charge < -0.3 is 15.4 Å². The van der Waals surface area contributed by atoms with E-state index in [0.717, 1.165) is 5.69 Å². The number of nitrogens with two attached hydrogens (primary N) is 1. The van der Waals surface area contributed by atoms with Gasteiger partial charge in [-0.15, -0.1) is 0 Å². The van der Waals surface area contributed by atoms with Gasteiger partial charge in [0.25, 0.3) is 0 Å². The van der Waals surface area contributed by atoms with Crippen LogP contribution in [0.4, 0.5) is 17.6 Å². The highest BCUT2D eigenvalue weighted by atomic mass is 16.5. The minimum atomic E-state index is -0.0197. The van der Waals surface area contributed by atoms with Crippen LogP contribution in [0.3, 0.4) is 0 Å². The first-order valence-corrected chi connectivity index (χ1v) is 7.02. The average Bonchev–Trinajstić information content (AvgIpc) is 2.38. The number of aryl methyl sites for hydroxylation is 1. The molecule has 0 aliphatic heterocycles. The average molecular weight is 287 g/mol. The van der Waals surface area contributed by atoms with Crippen LogP contribution in [0.1, 0.15) is 26.3 Å². The van der Waals surface area contributed by atoms with Crippen molar-refractivity contribution >= 4 is 17.6 Å². The summed E-state index contributed by atoms with van der Waals surface area (Å²) in [7, 11) is 0. The summed E-state index contributed by atoms with van der Waals surface area (Å²) in [5.41, 5.74) is 7.95. The Hall–Kier alpha value is -2.37. The first-order chi connectivity index (χ1) is 9.99. The predicted molar refractivity (Wildman–Crippen MR) is 83.9 cm³/mol. The molecule has 6 nitrogen and oxygen atoms in total. The van der Waals surface area contributed by atoms with Crippen molar-refractivity contribution in [2.75, 3.05) is 17.2 Å². The van der Waals surface area contributed by atoms with Gasteiger partial charge in [0.2, 0.25) is 11.9 Å². The quantitative estimate of drug-likeness (QED) is 0.911. The fourth-order valence-electron chi connectivity index (χ4n) is 1.98. The molecule has 0 aliphatic carbocycles. The zero-order valence-corrected chi connectivity index (χ0v) is 12.9. The number of ether oxygens (including phenoxy) is 1. The molecule has 2 aromatic rings. The summed E-state index contributed by atoms with van der Waals surface area (Å²) in [6, 6.07) is 8.39. The molecule has 2 N–H and O–H groups in total. The van der Waals surface area contributed by atoms with E-state index in [0.29, 0.717) is 12.5 Å². The van der Waals surface area contributed by atoms with Crippen molar-refractivity contribution < 1.29 is 4.74 Å². The molecule has 0 saturated carbocycles. The first kappa shape index (κ1) is 15.0. The van der Waals surface area contributed by atoms with E-state index >= 15 is 0 Å². The van der Waals surface area contributed by atoms with Crippen molar-refractivity contribution in [3.05, 3.63) is 29.8 Å². The third-order valence-electron chi connectivity index (χ3n) is 2.83. The van der Waals surface area contributed by atoms with Crippen molar-refractivity contribution in [3.63, 3.8) is 0 Å². The van der Waals surface area contributed by atoms with Crippen molar-refractivity contribution in [2.45, 2.75) is 33.8 Å². The summed E-state index contributed by atoms with van der Waals surface area (Å²) in [6.45, 7) is 8.63. The number of aromatic nitrogens is 3. The van der Waals surface area contributed by atoms with Crippen molar-refractivity contribution in [3.8, 4) is 6.01 Å². The number of rotatable bonds is 5. The Morgan fingerprint density at radius 3 is 2.62 bits per heavy atom. The van der Waals surface area contributed by atoms with Gasteiger partial charge in [-0.2, -0.15) is 15.0 Å². The Balaban J connectivity index is 2.40. The second-order valence-electron chi connectivity index (χ2n) is 5.03. The second-order valence-corrected chi connectivity index (χ2v) is 5.03. The molecular formula is C15H21N5O. The van der Waals surface area contributed by atoms with Crippen LogP contribution in [0.25, 0.3) is 0 Å². The summed E-state index contributed by atoms with van der Waals surface area (Å²) in [5, 5.41) is 0. The maximum atomic E-state index is 5.77. The van der Waals surface area contributed by atoms with E-state index in [9.17, 15) is 0 Å². The topological polar surface area (TPSA) is 77.2 Å². The van der Waals surface area contributed by atoms with E-state index in [-0.39, 0.29) is 18.1 Å². The molecule has 0 fully saturated rings. The Morgan fingerprint density at radius 1 is 1.24 bits per heavy atom. The number of nitrogens with zero attached hydrogens (tertiary/aromatic N) is 4. The lowest BCUT2D eigenvalue weighted by Crippen LogP contribution is -2.21. The van der Waals surface area contributed by atoms with E-state index in [1.807, 2.05) is 50.8 Å². The van der Waals surface area contributed by atoms with Crippen LogP contribution in [-0.4, -0.2) is 27.6 Å². The highest BCUT2D eigenvalue weighted by Gasteiger charge is 2.14. The summed E-state index contributed by atoms with van der Waals surface area (Å²) < 4.78 is 5.52. The molecule has 1 aromatic heterocycles. The van der Waals surface area contributed by atoms with Gasteiger partial charge in [0.05, 0.1) is 6.10 Å². The Bertz CT molecular complexity index is 615. The molecule has 0 radical (unpaired) electrons. The zero-order valence-electron chi connectivity index (χ0n) is 12.9. The molecular weight excluding hydrogens is 266 g/mol. The maximum absolute atomic E-state index is 5.77. The number of hydrogen-bond donors (Lipinski definition) is 1. The molecule has 0 unspecified atom stereocenters. The van der Waals surface area contributed by atoms with E-state index in [1.54, 1.807) is 0 Å². The molecule has 2 rings (SSSR count). The highest BCUT2D eigenvalue weighted by Crippen LogP contribution is 2.24. The lowest BCUT2D eigenvalue weighted by molar-refractivity contribution is 0.222. The summed E-state index contributed by atoms with van der Waals surface area (Å²) in [4.78, 5) is 14.6. The van der Waals surface area contributed by atoms with Crippen LogP contribution >= 0.6 is 0 Å². The van der Waals surface area contributed by atoms with Crippen LogP contribution in [0.5, 0.6) is 6.01 Å². The SMILES string of the molecule is CCN(c1cccc(C)c1)c1nc(N)nc(OC(C)C)n1. The van der Waals surface area contributed by atoms with E-state index in [1.165, 1.54) is 5.56 Å². The highest BCUT2D eigenvalue weighted by molar-refractivity contribution is 5.58. The smallest absolute Gasteiger partial charge is 0.323 e. The summed E-state index contributed by atoms with van der Waals surface area (Å²) >= 11 is 0. The fourth-order valence-corrected chi connectivity index (χ4v) is 1.98. The molecule has 21 heavy (non-hydrogen) atoms. The van der Waals surface area contributed by atoms with Crippen molar-refractivity contribution in [1.82, 2.24) is 15.0 Å². The number of hydrogen-bond acceptors (Lipinski definition) is 6. The minimum Gasteiger partial charge on any atom is -0.461 e. The van der Waals surface area contributed by atoms with Gasteiger partial charge in [-0.05, 0) is 45.4 Å². The van der Waals surface area contributed by atoms with Gasteiger partial charge in [-0.1, -0.05) is 12.1 Å². The molecule has 0 aliphatic rings. The van der Waals surface area contributed by atoms with Crippen LogP contribution in [0.2, 0.25) is 0 Å². The Labute approximate surface area is 125 Å². The molecule has 0 bridgehead atoms. The molecule has 1 aromatic carbocycles. The molecule has 0 spiro atoms. The number of benzene rings is 1. The second kappa shape index (κ2) is 6.39. The van der Waals surface area contributed by atoms with Crippen LogP contribution in [0.15, 0.2) is 24.3 Å². The van der Waals surface area contributed by atoms with Crippen LogP contribution in [-0.2, 0) is 0 Å². The Morgan fingerprint density at radius 2 is 2.00 bits per heavy atom.